The molecule has 0 N–H and O–H groups in total. The van der Waals surface area contributed by atoms with E-state index in [-0.39, 0.29) is 17.7 Å². The number of rotatable bonds is 2. The standard InChI is InChI=1S/C10H16O3/c1-7(2)10(12)13-9-6-4-3-5-8(9)11/h7,9H,3-6H2,1-2H3. The molecule has 0 spiro atoms. The van der Waals surface area contributed by atoms with E-state index in [1.54, 1.807) is 13.8 Å². The van der Waals surface area contributed by atoms with Gasteiger partial charge in [-0.3, -0.25) is 9.59 Å². The first kappa shape index (κ1) is 10.2. The topological polar surface area (TPSA) is 43.4 Å². The minimum absolute atomic E-state index is 0.0836. The largest absolute Gasteiger partial charge is 0.454 e. The van der Waals surface area contributed by atoms with E-state index in [1.807, 2.05) is 0 Å². The second kappa shape index (κ2) is 4.40. The maximum Gasteiger partial charge on any atom is 0.309 e. The molecule has 1 aliphatic carbocycles. The molecule has 0 aliphatic heterocycles. The molecule has 1 fully saturated rings. The maximum absolute atomic E-state index is 11.3. The molecule has 0 bridgehead atoms. The number of carbonyl (C=O) groups is 2. The van der Waals surface area contributed by atoms with E-state index >= 15 is 0 Å². The zero-order valence-electron chi connectivity index (χ0n) is 8.21. The molecule has 0 saturated heterocycles. The van der Waals surface area contributed by atoms with E-state index in [1.165, 1.54) is 0 Å². The van der Waals surface area contributed by atoms with Gasteiger partial charge in [-0.2, -0.15) is 0 Å². The second-order valence-corrected chi connectivity index (χ2v) is 3.79. The summed E-state index contributed by atoms with van der Waals surface area (Å²) in [4.78, 5) is 22.5. The molecule has 1 unspecified atom stereocenters. The lowest BCUT2D eigenvalue weighted by Gasteiger charge is -2.21. The first-order chi connectivity index (χ1) is 6.11. The Balaban J connectivity index is 2.43. The molecule has 0 amide bonds. The van der Waals surface area contributed by atoms with E-state index in [2.05, 4.69) is 0 Å². The van der Waals surface area contributed by atoms with Crippen LogP contribution in [-0.4, -0.2) is 17.9 Å². The highest BCUT2D eigenvalue weighted by atomic mass is 16.5. The van der Waals surface area contributed by atoms with Gasteiger partial charge in [-0.25, -0.2) is 0 Å². The number of esters is 1. The molecule has 0 aromatic carbocycles. The summed E-state index contributed by atoms with van der Waals surface area (Å²) < 4.78 is 5.08. The number of Topliss-reactive ketones (excluding diaryl/α,β-unsaturated/α-hetero) is 1. The number of hydrogen-bond acceptors (Lipinski definition) is 3. The molecule has 13 heavy (non-hydrogen) atoms. The molecular formula is C10H16O3. The SMILES string of the molecule is CC(C)C(=O)OC1CCCCC1=O. The Labute approximate surface area is 78.5 Å². The van der Waals surface area contributed by atoms with E-state index in [9.17, 15) is 9.59 Å². The molecule has 3 nitrogen and oxygen atoms in total. The van der Waals surface area contributed by atoms with Crippen LogP contribution in [0.25, 0.3) is 0 Å². The van der Waals surface area contributed by atoms with Gasteiger partial charge in [0.05, 0.1) is 5.92 Å². The van der Waals surface area contributed by atoms with Crippen LogP contribution >= 0.6 is 0 Å². The quantitative estimate of drug-likeness (QED) is 0.613. The van der Waals surface area contributed by atoms with Gasteiger partial charge in [0, 0.05) is 6.42 Å². The molecule has 3 heteroatoms. The highest BCUT2D eigenvalue weighted by Crippen LogP contribution is 2.18. The van der Waals surface area contributed by atoms with Crippen molar-refractivity contribution in [3.8, 4) is 0 Å². The van der Waals surface area contributed by atoms with Crippen molar-refractivity contribution >= 4 is 11.8 Å². The van der Waals surface area contributed by atoms with Gasteiger partial charge in [0.25, 0.3) is 0 Å². The zero-order chi connectivity index (χ0) is 9.84. The summed E-state index contributed by atoms with van der Waals surface area (Å²) >= 11 is 0. The normalized spacial score (nSPS) is 23.3. The zero-order valence-corrected chi connectivity index (χ0v) is 8.21. The molecule has 1 saturated carbocycles. The van der Waals surface area contributed by atoms with Gasteiger partial charge in [-0.15, -0.1) is 0 Å². The Hall–Kier alpha value is -0.860. The van der Waals surface area contributed by atoms with Gasteiger partial charge >= 0.3 is 5.97 Å². The molecule has 1 atom stereocenters. The van der Waals surface area contributed by atoms with Crippen molar-refractivity contribution < 1.29 is 14.3 Å². The van der Waals surface area contributed by atoms with Gasteiger partial charge in [-0.05, 0) is 19.3 Å². The van der Waals surface area contributed by atoms with Crippen molar-refractivity contribution in [2.75, 3.05) is 0 Å². The van der Waals surface area contributed by atoms with Crippen molar-refractivity contribution in [3.05, 3.63) is 0 Å². The van der Waals surface area contributed by atoms with Crippen molar-refractivity contribution in [2.24, 2.45) is 5.92 Å². The number of hydrogen-bond donors (Lipinski definition) is 0. The van der Waals surface area contributed by atoms with E-state index in [0.717, 1.165) is 12.8 Å². The summed E-state index contributed by atoms with van der Waals surface area (Å²) in [7, 11) is 0. The molecule has 0 aromatic heterocycles. The van der Waals surface area contributed by atoms with Crippen LogP contribution in [0.4, 0.5) is 0 Å². The van der Waals surface area contributed by atoms with Crippen LogP contribution in [0.5, 0.6) is 0 Å². The Morgan fingerprint density at radius 2 is 2.15 bits per heavy atom. The highest BCUT2D eigenvalue weighted by Gasteiger charge is 2.26. The average molecular weight is 184 g/mol. The van der Waals surface area contributed by atoms with Crippen molar-refractivity contribution in [3.63, 3.8) is 0 Å². The predicted molar refractivity (Wildman–Crippen MR) is 48.2 cm³/mol. The maximum atomic E-state index is 11.3. The summed E-state index contributed by atoms with van der Waals surface area (Å²) in [6.45, 7) is 3.55. The van der Waals surface area contributed by atoms with Crippen LogP contribution in [0.15, 0.2) is 0 Å². The van der Waals surface area contributed by atoms with Crippen LogP contribution in [0.1, 0.15) is 39.5 Å². The fraction of sp³-hybridized carbons (Fsp3) is 0.800. The second-order valence-electron chi connectivity index (χ2n) is 3.79. The van der Waals surface area contributed by atoms with Gasteiger partial charge in [-0.1, -0.05) is 13.8 Å². The van der Waals surface area contributed by atoms with Crippen molar-refractivity contribution in [1.82, 2.24) is 0 Å². The van der Waals surface area contributed by atoms with E-state index in [4.69, 9.17) is 4.74 Å². The summed E-state index contributed by atoms with van der Waals surface area (Å²) in [6.07, 6.45) is 2.74. The first-order valence-electron chi connectivity index (χ1n) is 4.84. The molecule has 1 aliphatic rings. The Kier molecular flexibility index (Phi) is 3.46. The number of ether oxygens (including phenoxy) is 1. The van der Waals surface area contributed by atoms with Crippen LogP contribution in [0, 0.1) is 5.92 Å². The molecule has 0 radical (unpaired) electrons. The fourth-order valence-electron chi connectivity index (χ4n) is 1.35. The van der Waals surface area contributed by atoms with Crippen LogP contribution in [0.3, 0.4) is 0 Å². The lowest BCUT2D eigenvalue weighted by Crippen LogP contribution is -2.31. The Morgan fingerprint density at radius 3 is 2.69 bits per heavy atom. The number of ketones is 1. The lowest BCUT2D eigenvalue weighted by atomic mass is 9.96. The van der Waals surface area contributed by atoms with Crippen LogP contribution in [0.2, 0.25) is 0 Å². The van der Waals surface area contributed by atoms with Crippen molar-refractivity contribution in [1.29, 1.82) is 0 Å². The van der Waals surface area contributed by atoms with Crippen LogP contribution < -0.4 is 0 Å². The predicted octanol–water partition coefficient (Wildman–Crippen LogP) is 1.70. The Bertz CT molecular complexity index is 208. The van der Waals surface area contributed by atoms with Gasteiger partial charge in [0.15, 0.2) is 11.9 Å². The number of carbonyl (C=O) groups excluding carboxylic acids is 2. The molecule has 74 valence electrons. The molecule has 0 heterocycles. The van der Waals surface area contributed by atoms with Crippen molar-refractivity contribution in [2.45, 2.75) is 45.6 Å². The summed E-state index contributed by atoms with van der Waals surface area (Å²) in [5, 5.41) is 0. The summed E-state index contributed by atoms with van der Waals surface area (Å²) in [6, 6.07) is 0. The average Bonchev–Trinajstić information content (AvgIpc) is 2.08. The third-order valence-corrected chi connectivity index (χ3v) is 2.23. The van der Waals surface area contributed by atoms with Gasteiger partial charge < -0.3 is 4.74 Å². The highest BCUT2D eigenvalue weighted by molar-refractivity contribution is 5.86. The van der Waals surface area contributed by atoms with E-state index < -0.39 is 6.10 Å². The third-order valence-electron chi connectivity index (χ3n) is 2.23. The van der Waals surface area contributed by atoms with Gasteiger partial charge in [0.1, 0.15) is 0 Å². The van der Waals surface area contributed by atoms with E-state index in [0.29, 0.717) is 12.8 Å². The fourth-order valence-corrected chi connectivity index (χ4v) is 1.35. The third kappa shape index (κ3) is 2.83. The summed E-state index contributed by atoms with van der Waals surface area (Å²) in [5.74, 6) is -0.324. The minimum Gasteiger partial charge on any atom is -0.454 e. The Morgan fingerprint density at radius 1 is 1.46 bits per heavy atom. The first-order valence-corrected chi connectivity index (χ1v) is 4.84. The smallest absolute Gasteiger partial charge is 0.309 e. The van der Waals surface area contributed by atoms with Gasteiger partial charge in [0.2, 0.25) is 0 Å². The lowest BCUT2D eigenvalue weighted by molar-refractivity contribution is -0.159. The summed E-state index contributed by atoms with van der Waals surface area (Å²) in [5.41, 5.74) is 0. The minimum atomic E-state index is -0.455. The monoisotopic (exact) mass is 184 g/mol. The molecular weight excluding hydrogens is 168 g/mol. The molecule has 0 aromatic rings. The molecule has 1 rings (SSSR count). The van der Waals surface area contributed by atoms with Crippen LogP contribution in [-0.2, 0) is 14.3 Å².